The molecule has 0 spiro atoms. The average Bonchev–Trinajstić information content (AvgIpc) is 3.32. The van der Waals surface area contributed by atoms with E-state index < -0.39 is 11.6 Å². The third-order valence-electron chi connectivity index (χ3n) is 5.58. The molecule has 0 fully saturated rings. The fraction of sp³-hybridized carbons (Fsp3) is 0.174. The molecule has 1 aliphatic heterocycles. The molecule has 0 saturated heterocycles. The molecule has 10 heteroatoms. The zero-order valence-electron chi connectivity index (χ0n) is 17.6. The largest absolute Gasteiger partial charge is 0.383 e. The van der Waals surface area contributed by atoms with E-state index in [0.717, 1.165) is 47.9 Å². The number of benzene rings is 1. The zero-order valence-corrected chi connectivity index (χ0v) is 17.6. The van der Waals surface area contributed by atoms with Crippen LogP contribution in [0.5, 0.6) is 0 Å². The van der Waals surface area contributed by atoms with Crippen molar-refractivity contribution < 1.29 is 8.78 Å². The normalized spacial score (nSPS) is 14.3. The molecule has 0 saturated carbocycles. The molecule has 0 amide bonds. The highest BCUT2D eigenvalue weighted by molar-refractivity contribution is 5.76. The molecular weight excluding hydrogens is 426 g/mol. The fourth-order valence-electron chi connectivity index (χ4n) is 3.87. The Bertz CT molecular complexity index is 1320. The first kappa shape index (κ1) is 20.8. The van der Waals surface area contributed by atoms with E-state index in [1.165, 1.54) is 17.7 Å². The van der Waals surface area contributed by atoms with Crippen LogP contribution < -0.4 is 5.73 Å². The molecule has 4 heterocycles. The van der Waals surface area contributed by atoms with Crippen LogP contribution in [0.2, 0.25) is 0 Å². The summed E-state index contributed by atoms with van der Waals surface area (Å²) in [7, 11) is 0. The second-order valence-corrected chi connectivity index (χ2v) is 7.72. The molecule has 0 bridgehead atoms. The number of hydrogen-bond acceptors (Lipinski definition) is 7. The molecular formula is C23H20F2N8. The number of halogens is 2. The molecule has 33 heavy (non-hydrogen) atoms. The van der Waals surface area contributed by atoms with E-state index >= 15 is 0 Å². The summed E-state index contributed by atoms with van der Waals surface area (Å²) in [6.07, 6.45) is 8.34. The standard InChI is InChI=1S/C23H20F2N8/c24-19-4-1-5-20(21(19)25)33-23(29-30-31-33)18-11-17(13-28-22(18)26)16-6-9-32(10-7-16)14-15-3-2-8-27-12-15/h1-6,8,11-13H,7,9-10,14H2,(H2,26,28). The Kier molecular flexibility index (Phi) is 5.57. The number of tetrazole rings is 1. The van der Waals surface area contributed by atoms with Gasteiger partial charge < -0.3 is 5.73 Å². The maximum Gasteiger partial charge on any atom is 0.190 e. The van der Waals surface area contributed by atoms with Crippen LogP contribution >= 0.6 is 0 Å². The van der Waals surface area contributed by atoms with Crippen LogP contribution in [0.15, 0.2) is 61.1 Å². The van der Waals surface area contributed by atoms with E-state index in [1.807, 2.05) is 18.3 Å². The molecule has 3 aromatic heterocycles. The van der Waals surface area contributed by atoms with Crippen molar-refractivity contribution in [2.75, 3.05) is 18.8 Å². The van der Waals surface area contributed by atoms with E-state index in [4.69, 9.17) is 5.73 Å². The van der Waals surface area contributed by atoms with Gasteiger partial charge in [-0.1, -0.05) is 18.2 Å². The number of nitrogen functional groups attached to an aromatic ring is 1. The second-order valence-electron chi connectivity index (χ2n) is 7.72. The Morgan fingerprint density at radius 2 is 2.00 bits per heavy atom. The van der Waals surface area contributed by atoms with E-state index in [1.54, 1.807) is 12.4 Å². The maximum absolute atomic E-state index is 14.4. The van der Waals surface area contributed by atoms with Gasteiger partial charge in [0, 0.05) is 38.2 Å². The summed E-state index contributed by atoms with van der Waals surface area (Å²) in [5.74, 6) is -1.66. The summed E-state index contributed by atoms with van der Waals surface area (Å²) in [6.45, 7) is 2.50. The van der Waals surface area contributed by atoms with Crippen LogP contribution in [-0.4, -0.2) is 48.2 Å². The van der Waals surface area contributed by atoms with E-state index in [-0.39, 0.29) is 17.3 Å². The van der Waals surface area contributed by atoms with Crippen molar-refractivity contribution in [3.63, 3.8) is 0 Å². The van der Waals surface area contributed by atoms with Crippen molar-refractivity contribution in [2.24, 2.45) is 0 Å². The monoisotopic (exact) mass is 446 g/mol. The number of nitrogens with two attached hydrogens (primary N) is 1. The lowest BCUT2D eigenvalue weighted by molar-refractivity contribution is 0.293. The van der Waals surface area contributed by atoms with Crippen LogP contribution in [0.25, 0.3) is 22.6 Å². The molecule has 2 N–H and O–H groups in total. The maximum atomic E-state index is 14.4. The van der Waals surface area contributed by atoms with Crippen LogP contribution in [0.3, 0.4) is 0 Å². The van der Waals surface area contributed by atoms with Gasteiger partial charge in [-0.2, -0.15) is 4.68 Å². The van der Waals surface area contributed by atoms with Gasteiger partial charge >= 0.3 is 0 Å². The SMILES string of the molecule is Nc1ncc(C2=CCN(Cc3cccnc3)CC2)cc1-c1nnnn1-c1cccc(F)c1F. The van der Waals surface area contributed by atoms with Gasteiger partial charge in [0.15, 0.2) is 17.5 Å². The first-order valence-corrected chi connectivity index (χ1v) is 10.4. The van der Waals surface area contributed by atoms with Gasteiger partial charge in [0.05, 0.1) is 5.56 Å². The minimum Gasteiger partial charge on any atom is -0.383 e. The van der Waals surface area contributed by atoms with Crippen LogP contribution in [0.4, 0.5) is 14.6 Å². The third-order valence-corrected chi connectivity index (χ3v) is 5.58. The van der Waals surface area contributed by atoms with Gasteiger partial charge in [-0.05, 0) is 57.8 Å². The minimum absolute atomic E-state index is 0.109. The lowest BCUT2D eigenvalue weighted by atomic mass is 9.99. The van der Waals surface area contributed by atoms with Crippen molar-refractivity contribution >= 4 is 11.4 Å². The minimum atomic E-state index is -1.04. The number of pyridine rings is 2. The summed E-state index contributed by atoms with van der Waals surface area (Å²) < 4.78 is 29.2. The lowest BCUT2D eigenvalue weighted by Gasteiger charge is -2.26. The average molecular weight is 446 g/mol. The highest BCUT2D eigenvalue weighted by Crippen LogP contribution is 2.30. The van der Waals surface area contributed by atoms with Gasteiger partial charge in [-0.3, -0.25) is 9.88 Å². The molecule has 8 nitrogen and oxygen atoms in total. The van der Waals surface area contributed by atoms with Crippen LogP contribution in [0, 0.1) is 11.6 Å². The molecule has 1 aromatic carbocycles. The van der Waals surface area contributed by atoms with Gasteiger partial charge in [-0.15, -0.1) is 5.10 Å². The van der Waals surface area contributed by atoms with Crippen LogP contribution in [0.1, 0.15) is 17.5 Å². The quantitative estimate of drug-likeness (QED) is 0.502. The smallest absolute Gasteiger partial charge is 0.190 e. The third kappa shape index (κ3) is 4.20. The fourth-order valence-corrected chi connectivity index (χ4v) is 3.87. The van der Waals surface area contributed by atoms with E-state index in [2.05, 4.69) is 42.5 Å². The van der Waals surface area contributed by atoms with Gasteiger partial charge in [0.1, 0.15) is 11.5 Å². The summed E-state index contributed by atoms with van der Waals surface area (Å²) in [6, 6.07) is 9.66. The number of aromatic nitrogens is 6. The van der Waals surface area contributed by atoms with E-state index in [0.29, 0.717) is 5.56 Å². The van der Waals surface area contributed by atoms with Gasteiger partial charge in [-0.25, -0.2) is 13.8 Å². The van der Waals surface area contributed by atoms with Crippen molar-refractivity contribution in [1.82, 2.24) is 35.1 Å². The molecule has 5 rings (SSSR count). The molecule has 0 aliphatic carbocycles. The van der Waals surface area contributed by atoms with Crippen LogP contribution in [-0.2, 0) is 6.54 Å². The molecule has 1 aliphatic rings. The highest BCUT2D eigenvalue weighted by Gasteiger charge is 2.21. The van der Waals surface area contributed by atoms with Crippen molar-refractivity contribution in [2.45, 2.75) is 13.0 Å². The Morgan fingerprint density at radius 3 is 2.79 bits per heavy atom. The number of anilines is 1. The summed E-state index contributed by atoms with van der Waals surface area (Å²) in [5.41, 5.74) is 9.63. The van der Waals surface area contributed by atoms with E-state index in [9.17, 15) is 8.78 Å². The summed E-state index contributed by atoms with van der Waals surface area (Å²) in [5, 5.41) is 11.5. The lowest BCUT2D eigenvalue weighted by Crippen LogP contribution is -2.28. The Balaban J connectivity index is 1.42. The predicted octanol–water partition coefficient (Wildman–Crippen LogP) is 3.27. The summed E-state index contributed by atoms with van der Waals surface area (Å²) >= 11 is 0. The molecule has 0 radical (unpaired) electrons. The molecule has 0 atom stereocenters. The number of nitrogens with zero attached hydrogens (tertiary/aromatic N) is 7. The Morgan fingerprint density at radius 1 is 1.09 bits per heavy atom. The first-order valence-electron chi connectivity index (χ1n) is 10.4. The van der Waals surface area contributed by atoms with Crippen molar-refractivity contribution in [3.05, 3.63) is 83.8 Å². The number of rotatable bonds is 5. The molecule has 166 valence electrons. The second kappa shape index (κ2) is 8.83. The highest BCUT2D eigenvalue weighted by atomic mass is 19.2. The summed E-state index contributed by atoms with van der Waals surface area (Å²) in [4.78, 5) is 10.8. The van der Waals surface area contributed by atoms with Crippen molar-refractivity contribution in [3.8, 4) is 17.1 Å². The molecule has 4 aromatic rings. The Hall–Kier alpha value is -4.05. The first-order chi connectivity index (χ1) is 16.1. The van der Waals surface area contributed by atoms with Crippen molar-refractivity contribution in [1.29, 1.82) is 0 Å². The number of hydrogen-bond donors (Lipinski definition) is 1. The molecule has 0 unspecified atom stereocenters. The topological polar surface area (TPSA) is 98.6 Å². The van der Waals surface area contributed by atoms with Gasteiger partial charge in [0.25, 0.3) is 0 Å². The predicted molar refractivity (Wildman–Crippen MR) is 119 cm³/mol. The van der Waals surface area contributed by atoms with Gasteiger partial charge in [0.2, 0.25) is 0 Å². The zero-order chi connectivity index (χ0) is 22.8. The Labute approximate surface area is 188 Å².